The maximum Gasteiger partial charge on any atom is 0.325 e. The number of hydrogen-bond donors (Lipinski definition) is 2. The van der Waals surface area contributed by atoms with Gasteiger partial charge in [0, 0.05) is 22.0 Å². The van der Waals surface area contributed by atoms with E-state index >= 15 is 0 Å². The molecule has 1 unspecified atom stereocenters. The van der Waals surface area contributed by atoms with Crippen LogP contribution in [0.3, 0.4) is 0 Å². The molecule has 0 fully saturated rings. The van der Waals surface area contributed by atoms with Crippen molar-refractivity contribution in [1.82, 2.24) is 5.32 Å². The molecule has 0 spiro atoms. The number of carbonyl (C=O) groups is 1. The van der Waals surface area contributed by atoms with Gasteiger partial charge in [0.05, 0.1) is 7.11 Å². The maximum atomic E-state index is 11.4. The summed E-state index contributed by atoms with van der Waals surface area (Å²) in [7, 11) is 1.45. The topological polar surface area (TPSA) is 107 Å². The van der Waals surface area contributed by atoms with Gasteiger partial charge in [-0.15, -0.1) is 0 Å². The highest BCUT2D eigenvalue weighted by molar-refractivity contribution is 6.31. The van der Waals surface area contributed by atoms with Gasteiger partial charge in [0.1, 0.15) is 11.8 Å². The minimum Gasteiger partial charge on any atom is -0.496 e. The van der Waals surface area contributed by atoms with Crippen molar-refractivity contribution in [3.8, 4) is 5.75 Å². The number of benzene rings is 1. The number of nitrogens with zero attached hydrogens (tertiary/aromatic N) is 3. The number of carboxylic acid groups (broad SMARTS) is 1. The van der Waals surface area contributed by atoms with Gasteiger partial charge < -0.3 is 15.2 Å². The van der Waals surface area contributed by atoms with Gasteiger partial charge in [-0.1, -0.05) is 22.8 Å². The van der Waals surface area contributed by atoms with Crippen molar-refractivity contribution in [2.24, 2.45) is 5.11 Å². The van der Waals surface area contributed by atoms with Gasteiger partial charge in [0.2, 0.25) is 0 Å². The quantitative estimate of drug-likeness (QED) is 0.333. The molecule has 0 aliphatic rings. The Morgan fingerprint density at radius 1 is 1.65 bits per heavy atom. The van der Waals surface area contributed by atoms with Crippen LogP contribution in [0.5, 0.6) is 5.75 Å². The number of azide groups is 1. The van der Waals surface area contributed by atoms with E-state index in [1.807, 2.05) is 0 Å². The molecule has 8 heteroatoms. The van der Waals surface area contributed by atoms with E-state index in [4.69, 9.17) is 21.9 Å². The Bertz CT molecular complexity index is 517. The molecule has 0 aliphatic carbocycles. The zero-order valence-electron chi connectivity index (χ0n) is 10.9. The first kappa shape index (κ1) is 16.1. The lowest BCUT2D eigenvalue weighted by atomic mass is 10.1. The van der Waals surface area contributed by atoms with E-state index in [-0.39, 0.29) is 0 Å². The zero-order chi connectivity index (χ0) is 15.0. The van der Waals surface area contributed by atoms with E-state index in [0.29, 0.717) is 35.8 Å². The summed E-state index contributed by atoms with van der Waals surface area (Å²) in [5.74, 6) is -0.646. The van der Waals surface area contributed by atoms with Crippen molar-refractivity contribution in [2.45, 2.75) is 12.5 Å². The van der Waals surface area contributed by atoms with Crippen molar-refractivity contribution < 1.29 is 14.6 Å². The number of methoxy groups -OCH3 is 1. The van der Waals surface area contributed by atoms with Gasteiger partial charge in [-0.25, -0.2) is 0 Å². The maximum absolute atomic E-state index is 11.4. The van der Waals surface area contributed by atoms with Gasteiger partial charge in [0.15, 0.2) is 0 Å². The van der Waals surface area contributed by atoms with Gasteiger partial charge in [-0.2, -0.15) is 0 Å². The molecule has 0 aromatic heterocycles. The first-order valence-corrected chi connectivity index (χ1v) is 6.29. The van der Waals surface area contributed by atoms with Crippen LogP contribution in [0.4, 0.5) is 0 Å². The molecule has 0 aliphatic heterocycles. The minimum absolute atomic E-state index is 0.301. The molecule has 0 amide bonds. The Kier molecular flexibility index (Phi) is 6.66. The molecule has 0 saturated heterocycles. The molecule has 108 valence electrons. The standard InChI is InChI=1S/C12H15ClN4O3/c1-20-9-5-2-4-8(13)10(9)11(12(18)19)15-6-3-7-16-17-14/h2,4-5,11,15H,3,6-7H2,1H3,(H,18,19). The predicted octanol–water partition coefficient (Wildman–Crippen LogP) is 2.76. The van der Waals surface area contributed by atoms with E-state index in [0.717, 1.165) is 0 Å². The molecule has 1 rings (SSSR count). The number of rotatable bonds is 8. The lowest BCUT2D eigenvalue weighted by Crippen LogP contribution is -2.30. The van der Waals surface area contributed by atoms with Crippen LogP contribution < -0.4 is 10.1 Å². The average molecular weight is 299 g/mol. The monoisotopic (exact) mass is 298 g/mol. The highest BCUT2D eigenvalue weighted by Crippen LogP contribution is 2.32. The first-order valence-electron chi connectivity index (χ1n) is 5.91. The highest BCUT2D eigenvalue weighted by Gasteiger charge is 2.25. The van der Waals surface area contributed by atoms with Crippen molar-refractivity contribution in [3.63, 3.8) is 0 Å². The largest absolute Gasteiger partial charge is 0.496 e. The Labute approximate surface area is 121 Å². The smallest absolute Gasteiger partial charge is 0.325 e. The second-order valence-electron chi connectivity index (χ2n) is 3.89. The summed E-state index contributed by atoms with van der Waals surface area (Å²) < 4.78 is 5.15. The van der Waals surface area contributed by atoms with E-state index in [1.54, 1.807) is 18.2 Å². The van der Waals surface area contributed by atoms with Crippen molar-refractivity contribution in [1.29, 1.82) is 0 Å². The molecule has 1 aromatic carbocycles. The fraction of sp³-hybridized carbons (Fsp3) is 0.417. The Morgan fingerprint density at radius 2 is 2.40 bits per heavy atom. The van der Waals surface area contributed by atoms with Crippen LogP contribution in [0.25, 0.3) is 10.4 Å². The molecular weight excluding hydrogens is 284 g/mol. The second-order valence-corrected chi connectivity index (χ2v) is 4.30. The highest BCUT2D eigenvalue weighted by atomic mass is 35.5. The fourth-order valence-electron chi connectivity index (χ4n) is 1.73. The molecule has 0 radical (unpaired) electrons. The summed E-state index contributed by atoms with van der Waals surface area (Å²) in [5, 5.41) is 15.9. The SMILES string of the molecule is COc1cccc(Cl)c1C(NCCCN=[N+]=[N-])C(=O)O. The number of hydrogen-bond acceptors (Lipinski definition) is 4. The Balaban J connectivity index is 2.86. The zero-order valence-corrected chi connectivity index (χ0v) is 11.7. The third-order valence-corrected chi connectivity index (χ3v) is 2.94. The molecule has 1 aromatic rings. The number of carboxylic acids is 1. The van der Waals surface area contributed by atoms with Crippen LogP contribution in [0.2, 0.25) is 5.02 Å². The third kappa shape index (κ3) is 4.31. The lowest BCUT2D eigenvalue weighted by molar-refractivity contribution is -0.139. The molecule has 7 nitrogen and oxygen atoms in total. The normalized spacial score (nSPS) is 11.5. The number of aliphatic carboxylic acids is 1. The van der Waals surface area contributed by atoms with Crippen LogP contribution in [0.15, 0.2) is 23.3 Å². The summed E-state index contributed by atoms with van der Waals surface area (Å²) in [6.07, 6.45) is 0.528. The summed E-state index contributed by atoms with van der Waals surface area (Å²) in [6, 6.07) is 3.96. The summed E-state index contributed by atoms with van der Waals surface area (Å²) in [6.45, 7) is 0.680. The molecule has 0 saturated carbocycles. The molecule has 0 heterocycles. The van der Waals surface area contributed by atoms with E-state index < -0.39 is 12.0 Å². The molecule has 20 heavy (non-hydrogen) atoms. The molecule has 0 bridgehead atoms. The molecule has 2 N–H and O–H groups in total. The Morgan fingerprint density at radius 3 is 3.00 bits per heavy atom. The number of halogens is 1. The van der Waals surface area contributed by atoms with E-state index in [2.05, 4.69) is 15.3 Å². The van der Waals surface area contributed by atoms with Gasteiger partial charge in [-0.3, -0.25) is 4.79 Å². The van der Waals surface area contributed by atoms with Crippen molar-refractivity contribution in [3.05, 3.63) is 39.2 Å². The number of nitrogens with one attached hydrogen (secondary N) is 1. The second kappa shape index (κ2) is 8.27. The summed E-state index contributed by atoms with van der Waals surface area (Å²) in [4.78, 5) is 14.0. The van der Waals surface area contributed by atoms with Crippen molar-refractivity contribution >= 4 is 17.6 Å². The summed E-state index contributed by atoms with van der Waals surface area (Å²) >= 11 is 6.06. The van der Waals surface area contributed by atoms with Crippen LogP contribution in [-0.2, 0) is 4.79 Å². The van der Waals surface area contributed by atoms with Gasteiger partial charge in [0.25, 0.3) is 0 Å². The summed E-state index contributed by atoms with van der Waals surface area (Å²) in [5.41, 5.74) is 8.54. The van der Waals surface area contributed by atoms with Crippen molar-refractivity contribution in [2.75, 3.05) is 20.2 Å². The minimum atomic E-state index is -1.06. The molecule has 1 atom stereocenters. The number of ether oxygens (including phenoxy) is 1. The average Bonchev–Trinajstić information content (AvgIpc) is 2.43. The lowest BCUT2D eigenvalue weighted by Gasteiger charge is -2.18. The van der Waals surface area contributed by atoms with Gasteiger partial charge >= 0.3 is 5.97 Å². The third-order valence-electron chi connectivity index (χ3n) is 2.62. The first-order chi connectivity index (χ1) is 9.61. The van der Waals surface area contributed by atoms with E-state index in [1.165, 1.54) is 7.11 Å². The molecular formula is C12H15ClN4O3. The van der Waals surface area contributed by atoms with Crippen LogP contribution in [0, 0.1) is 0 Å². The van der Waals surface area contributed by atoms with E-state index in [9.17, 15) is 9.90 Å². The van der Waals surface area contributed by atoms with Gasteiger partial charge in [-0.05, 0) is 30.6 Å². The van der Waals surface area contributed by atoms with Crippen LogP contribution in [-0.4, -0.2) is 31.3 Å². The van der Waals surface area contributed by atoms with Crippen LogP contribution in [0.1, 0.15) is 18.0 Å². The Hall–Kier alpha value is -1.95. The fourth-order valence-corrected chi connectivity index (χ4v) is 2.00. The van der Waals surface area contributed by atoms with Crippen LogP contribution >= 0.6 is 11.6 Å². The predicted molar refractivity (Wildman–Crippen MR) is 75.0 cm³/mol.